The zero-order valence-corrected chi connectivity index (χ0v) is 10.8. The minimum absolute atomic E-state index is 0.0336. The van der Waals surface area contributed by atoms with Gasteiger partial charge in [0.2, 0.25) is 10.0 Å². The molecule has 0 saturated carbocycles. The van der Waals surface area contributed by atoms with Gasteiger partial charge in [-0.3, -0.25) is 4.79 Å². The standard InChI is InChI=1S/C12H13FN2O3S/c13-9-5-8(6-11(7-9)19(14,17)18)12(16)15-10-3-1-2-4-10/h1-2,5-7,10H,3-4H2,(H,15,16)(H2,14,17,18). The van der Waals surface area contributed by atoms with Crippen molar-refractivity contribution >= 4 is 15.9 Å². The first-order valence-corrected chi connectivity index (χ1v) is 7.20. The van der Waals surface area contributed by atoms with Crippen molar-refractivity contribution in [3.8, 4) is 0 Å². The van der Waals surface area contributed by atoms with Crippen LogP contribution in [0.3, 0.4) is 0 Å². The van der Waals surface area contributed by atoms with Crippen LogP contribution in [0.5, 0.6) is 0 Å². The number of benzene rings is 1. The van der Waals surface area contributed by atoms with Gasteiger partial charge in [0, 0.05) is 11.6 Å². The summed E-state index contributed by atoms with van der Waals surface area (Å²) in [7, 11) is -4.04. The molecule has 0 bridgehead atoms. The van der Waals surface area contributed by atoms with E-state index in [1.807, 2.05) is 12.2 Å². The predicted molar refractivity (Wildman–Crippen MR) is 67.4 cm³/mol. The van der Waals surface area contributed by atoms with Gasteiger partial charge in [-0.05, 0) is 31.0 Å². The van der Waals surface area contributed by atoms with Crippen LogP contribution in [0.1, 0.15) is 23.2 Å². The van der Waals surface area contributed by atoms with Crippen molar-refractivity contribution in [1.29, 1.82) is 0 Å². The first-order valence-electron chi connectivity index (χ1n) is 5.65. The van der Waals surface area contributed by atoms with Crippen LogP contribution in [-0.4, -0.2) is 20.4 Å². The Morgan fingerprint density at radius 1 is 1.26 bits per heavy atom. The molecule has 0 aliphatic heterocycles. The van der Waals surface area contributed by atoms with Gasteiger partial charge in [0.05, 0.1) is 4.90 Å². The zero-order valence-electron chi connectivity index (χ0n) is 9.97. The van der Waals surface area contributed by atoms with Crippen molar-refractivity contribution in [2.75, 3.05) is 0 Å². The number of carbonyl (C=O) groups is 1. The van der Waals surface area contributed by atoms with E-state index >= 15 is 0 Å². The Balaban J connectivity index is 2.24. The average Bonchev–Trinajstić information content (AvgIpc) is 2.79. The van der Waals surface area contributed by atoms with E-state index in [0.29, 0.717) is 12.8 Å². The Kier molecular flexibility index (Phi) is 3.68. The smallest absolute Gasteiger partial charge is 0.251 e. The van der Waals surface area contributed by atoms with E-state index in [4.69, 9.17) is 5.14 Å². The highest BCUT2D eigenvalue weighted by atomic mass is 32.2. The number of hydrogen-bond donors (Lipinski definition) is 2. The lowest BCUT2D eigenvalue weighted by Crippen LogP contribution is -2.33. The van der Waals surface area contributed by atoms with Crippen LogP contribution in [0.2, 0.25) is 0 Å². The lowest BCUT2D eigenvalue weighted by molar-refractivity contribution is 0.0938. The number of nitrogens with one attached hydrogen (secondary N) is 1. The second-order valence-corrected chi connectivity index (χ2v) is 5.90. The summed E-state index contributed by atoms with van der Waals surface area (Å²) in [6.07, 6.45) is 5.30. The van der Waals surface area contributed by atoms with Gasteiger partial charge in [-0.2, -0.15) is 0 Å². The topological polar surface area (TPSA) is 89.3 Å². The van der Waals surface area contributed by atoms with Crippen molar-refractivity contribution < 1.29 is 17.6 Å². The summed E-state index contributed by atoms with van der Waals surface area (Å²) >= 11 is 0. The molecule has 0 aromatic heterocycles. The second-order valence-electron chi connectivity index (χ2n) is 4.33. The van der Waals surface area contributed by atoms with Crippen LogP contribution >= 0.6 is 0 Å². The van der Waals surface area contributed by atoms with Crippen LogP contribution < -0.4 is 10.5 Å². The molecule has 0 fully saturated rings. The Bertz CT molecular complexity index is 632. The highest BCUT2D eigenvalue weighted by Gasteiger charge is 2.18. The molecule has 3 N–H and O–H groups in total. The van der Waals surface area contributed by atoms with Crippen molar-refractivity contribution in [2.45, 2.75) is 23.8 Å². The monoisotopic (exact) mass is 284 g/mol. The van der Waals surface area contributed by atoms with Crippen LogP contribution in [0.4, 0.5) is 4.39 Å². The van der Waals surface area contributed by atoms with Crippen molar-refractivity contribution in [3.05, 3.63) is 41.7 Å². The molecule has 19 heavy (non-hydrogen) atoms. The number of amides is 1. The lowest BCUT2D eigenvalue weighted by Gasteiger charge is -2.12. The largest absolute Gasteiger partial charge is 0.349 e. The Morgan fingerprint density at radius 2 is 1.89 bits per heavy atom. The van der Waals surface area contributed by atoms with E-state index in [1.54, 1.807) is 0 Å². The Morgan fingerprint density at radius 3 is 2.47 bits per heavy atom. The van der Waals surface area contributed by atoms with E-state index in [-0.39, 0.29) is 11.6 Å². The van der Waals surface area contributed by atoms with Gasteiger partial charge in [-0.25, -0.2) is 17.9 Å². The molecular weight excluding hydrogens is 271 g/mol. The number of hydrogen-bond acceptors (Lipinski definition) is 3. The van der Waals surface area contributed by atoms with Gasteiger partial charge in [-0.1, -0.05) is 12.2 Å². The lowest BCUT2D eigenvalue weighted by atomic mass is 10.1. The van der Waals surface area contributed by atoms with Crippen molar-refractivity contribution in [1.82, 2.24) is 5.32 Å². The molecule has 0 heterocycles. The molecular formula is C12H13FN2O3S. The molecule has 0 radical (unpaired) electrons. The molecule has 0 spiro atoms. The SMILES string of the molecule is NS(=O)(=O)c1cc(F)cc(C(=O)NC2CC=CC2)c1. The zero-order chi connectivity index (χ0) is 14.0. The highest BCUT2D eigenvalue weighted by Crippen LogP contribution is 2.15. The van der Waals surface area contributed by atoms with Gasteiger partial charge >= 0.3 is 0 Å². The van der Waals surface area contributed by atoms with Gasteiger partial charge in [0.25, 0.3) is 5.91 Å². The molecule has 1 aromatic rings. The van der Waals surface area contributed by atoms with Gasteiger partial charge < -0.3 is 5.32 Å². The molecule has 7 heteroatoms. The molecule has 1 aliphatic rings. The van der Waals surface area contributed by atoms with E-state index in [1.165, 1.54) is 0 Å². The number of halogens is 1. The number of rotatable bonds is 3. The Hall–Kier alpha value is -1.73. The molecule has 1 amide bonds. The molecule has 0 unspecified atom stereocenters. The summed E-state index contributed by atoms with van der Waals surface area (Å²) in [5.41, 5.74) is -0.0593. The van der Waals surface area contributed by atoms with E-state index in [9.17, 15) is 17.6 Å². The summed E-state index contributed by atoms with van der Waals surface area (Å²) in [6.45, 7) is 0. The van der Waals surface area contributed by atoms with Gasteiger partial charge in [0.15, 0.2) is 0 Å². The maximum atomic E-state index is 13.3. The number of nitrogens with two attached hydrogens (primary N) is 1. The maximum Gasteiger partial charge on any atom is 0.251 e. The fourth-order valence-electron chi connectivity index (χ4n) is 1.86. The number of sulfonamides is 1. The summed E-state index contributed by atoms with van der Waals surface area (Å²) in [5.74, 6) is -1.33. The van der Waals surface area contributed by atoms with Crippen molar-refractivity contribution in [3.63, 3.8) is 0 Å². The maximum absolute atomic E-state index is 13.3. The summed E-state index contributed by atoms with van der Waals surface area (Å²) in [4.78, 5) is 11.5. The van der Waals surface area contributed by atoms with E-state index in [2.05, 4.69) is 5.32 Å². The fourth-order valence-corrected chi connectivity index (χ4v) is 2.43. The minimum Gasteiger partial charge on any atom is -0.349 e. The normalized spacial score (nSPS) is 15.7. The minimum atomic E-state index is -4.04. The molecule has 0 saturated heterocycles. The highest BCUT2D eigenvalue weighted by molar-refractivity contribution is 7.89. The van der Waals surface area contributed by atoms with Crippen LogP contribution in [0.15, 0.2) is 35.2 Å². The molecule has 102 valence electrons. The van der Waals surface area contributed by atoms with Crippen LogP contribution in [0.25, 0.3) is 0 Å². The Labute approximate surface area is 110 Å². The summed E-state index contributed by atoms with van der Waals surface area (Å²) in [6, 6.07) is 2.79. The van der Waals surface area contributed by atoms with E-state index in [0.717, 1.165) is 18.2 Å². The number of carbonyl (C=O) groups excluding carboxylic acids is 1. The molecule has 2 rings (SSSR count). The summed E-state index contributed by atoms with van der Waals surface area (Å²) in [5, 5.41) is 7.62. The first kappa shape index (κ1) is 13.7. The third-order valence-electron chi connectivity index (χ3n) is 2.81. The van der Waals surface area contributed by atoms with E-state index < -0.39 is 26.6 Å². The van der Waals surface area contributed by atoms with Crippen molar-refractivity contribution in [2.24, 2.45) is 5.14 Å². The predicted octanol–water partition coefficient (Wildman–Crippen LogP) is 0.922. The van der Waals surface area contributed by atoms with Crippen LogP contribution in [0, 0.1) is 5.82 Å². The molecule has 1 aromatic carbocycles. The third-order valence-corrected chi connectivity index (χ3v) is 3.70. The third kappa shape index (κ3) is 3.39. The van der Waals surface area contributed by atoms with Gasteiger partial charge in [-0.15, -0.1) is 0 Å². The molecule has 1 aliphatic carbocycles. The second kappa shape index (κ2) is 5.10. The molecule has 0 atom stereocenters. The number of primary sulfonamides is 1. The van der Waals surface area contributed by atoms with Gasteiger partial charge in [0.1, 0.15) is 5.82 Å². The quantitative estimate of drug-likeness (QED) is 0.809. The molecule has 5 nitrogen and oxygen atoms in total. The van der Waals surface area contributed by atoms with Crippen LogP contribution in [-0.2, 0) is 10.0 Å². The first-order chi connectivity index (χ1) is 8.86. The fraction of sp³-hybridized carbons (Fsp3) is 0.250. The summed E-state index contributed by atoms with van der Waals surface area (Å²) < 4.78 is 35.7. The average molecular weight is 284 g/mol.